The van der Waals surface area contributed by atoms with E-state index in [-0.39, 0.29) is 29.2 Å². The molecular formula is C26H31FN6O3S. The molecule has 3 aromatic rings. The highest BCUT2D eigenvalue weighted by Crippen LogP contribution is 2.33. The van der Waals surface area contributed by atoms with E-state index in [1.807, 2.05) is 46.7 Å². The summed E-state index contributed by atoms with van der Waals surface area (Å²) in [5.41, 5.74) is 2.66. The second-order valence-electron chi connectivity index (χ2n) is 9.65. The van der Waals surface area contributed by atoms with Gasteiger partial charge in [-0.1, -0.05) is 20.4 Å². The molecule has 0 saturated carbocycles. The Kier molecular flexibility index (Phi) is 8.46. The molecule has 196 valence electrons. The highest BCUT2D eigenvalue weighted by molar-refractivity contribution is 7.90. The van der Waals surface area contributed by atoms with Crippen molar-refractivity contribution in [2.75, 3.05) is 14.1 Å². The first-order valence-corrected chi connectivity index (χ1v) is 13.3. The lowest BCUT2D eigenvalue weighted by Crippen LogP contribution is -2.32. The molecule has 2 aromatic heterocycles. The number of benzene rings is 1. The summed E-state index contributed by atoms with van der Waals surface area (Å²) < 4.78 is 44.5. The van der Waals surface area contributed by atoms with Crippen molar-refractivity contribution in [2.45, 2.75) is 57.6 Å². The molecule has 37 heavy (non-hydrogen) atoms. The molecule has 0 radical (unpaired) electrons. The number of hydrogen-bond acceptors (Lipinski definition) is 6. The zero-order valence-corrected chi connectivity index (χ0v) is 22.6. The number of halogens is 1. The Morgan fingerprint density at radius 3 is 2.49 bits per heavy atom. The third-order valence-electron chi connectivity index (χ3n) is 5.66. The molecule has 1 amide bonds. The van der Waals surface area contributed by atoms with Gasteiger partial charge in [-0.25, -0.2) is 9.11 Å². The van der Waals surface area contributed by atoms with E-state index in [1.165, 1.54) is 30.5 Å². The van der Waals surface area contributed by atoms with Gasteiger partial charge in [-0.15, -0.1) is 4.98 Å². The quantitative estimate of drug-likeness (QED) is 0.414. The average Bonchev–Trinajstić information content (AvgIpc) is 3.24. The van der Waals surface area contributed by atoms with Crippen LogP contribution in [0.3, 0.4) is 0 Å². The van der Waals surface area contributed by atoms with Crippen LogP contribution in [0.4, 0.5) is 10.2 Å². The highest BCUT2D eigenvalue weighted by atomic mass is 32.2. The van der Waals surface area contributed by atoms with Gasteiger partial charge in [0.1, 0.15) is 12.0 Å². The summed E-state index contributed by atoms with van der Waals surface area (Å²) in [4.78, 5) is 22.3. The second-order valence-corrected chi connectivity index (χ2v) is 11.3. The van der Waals surface area contributed by atoms with Crippen molar-refractivity contribution >= 4 is 21.7 Å². The van der Waals surface area contributed by atoms with Crippen LogP contribution in [0.5, 0.6) is 0 Å². The summed E-state index contributed by atoms with van der Waals surface area (Å²) in [6, 6.07) is 7.14. The number of hydrogen-bond donors (Lipinski definition) is 1. The van der Waals surface area contributed by atoms with E-state index in [2.05, 4.69) is 19.6 Å². The van der Waals surface area contributed by atoms with Crippen LogP contribution >= 0.6 is 0 Å². The van der Waals surface area contributed by atoms with Gasteiger partial charge in [0.2, 0.25) is 5.91 Å². The number of sulfonamides is 1. The molecule has 0 fully saturated rings. The topological polar surface area (TPSA) is 102 Å². The number of carbonyl (C=O) groups is 1. The largest absolute Gasteiger partial charge is 0.361 e. The lowest BCUT2D eigenvalue weighted by Gasteiger charge is -2.18. The van der Waals surface area contributed by atoms with Crippen LogP contribution in [-0.2, 0) is 27.8 Å². The number of nitrogens with one attached hydrogen (secondary N) is 1. The number of pyridine rings is 1. The maximum Gasteiger partial charge on any atom is 0.283 e. The monoisotopic (exact) mass is 526 g/mol. The van der Waals surface area contributed by atoms with Gasteiger partial charge in [-0.3, -0.25) is 9.48 Å². The van der Waals surface area contributed by atoms with Crippen molar-refractivity contribution in [2.24, 2.45) is 0 Å². The summed E-state index contributed by atoms with van der Waals surface area (Å²) in [5.74, 6) is -1.29. The van der Waals surface area contributed by atoms with Gasteiger partial charge in [-0.05, 0) is 80.4 Å². The van der Waals surface area contributed by atoms with Gasteiger partial charge in [0.25, 0.3) is 15.8 Å². The van der Waals surface area contributed by atoms with Crippen LogP contribution in [0.1, 0.15) is 56.5 Å². The van der Waals surface area contributed by atoms with Crippen LogP contribution in [-0.4, -0.2) is 48.1 Å². The molecule has 0 spiro atoms. The second kappa shape index (κ2) is 11.2. The molecule has 1 aromatic carbocycles. The summed E-state index contributed by atoms with van der Waals surface area (Å²) in [6.07, 6.45) is 1.13. The molecule has 0 saturated heterocycles. The minimum Gasteiger partial charge on any atom is -0.361 e. The van der Waals surface area contributed by atoms with Crippen LogP contribution < -0.4 is 4.72 Å². The Morgan fingerprint density at radius 2 is 1.89 bits per heavy atom. The fourth-order valence-electron chi connectivity index (χ4n) is 4.10. The van der Waals surface area contributed by atoms with E-state index in [0.29, 0.717) is 34.5 Å². The Morgan fingerprint density at radius 1 is 1.19 bits per heavy atom. The van der Waals surface area contributed by atoms with Gasteiger partial charge in [-0.2, -0.15) is 13.5 Å². The Balaban J connectivity index is 1.99. The lowest BCUT2D eigenvalue weighted by atomic mass is 9.88. The van der Waals surface area contributed by atoms with E-state index in [4.69, 9.17) is 6.57 Å². The van der Waals surface area contributed by atoms with E-state index in [0.717, 1.165) is 0 Å². The zero-order valence-electron chi connectivity index (χ0n) is 21.8. The first-order valence-electron chi connectivity index (χ1n) is 11.8. The van der Waals surface area contributed by atoms with Crippen molar-refractivity contribution in [1.82, 2.24) is 24.4 Å². The van der Waals surface area contributed by atoms with Crippen molar-refractivity contribution in [1.29, 1.82) is 0 Å². The van der Waals surface area contributed by atoms with Crippen molar-refractivity contribution in [3.63, 3.8) is 0 Å². The van der Waals surface area contributed by atoms with Gasteiger partial charge in [0, 0.05) is 18.7 Å². The molecule has 2 heterocycles. The molecule has 9 nitrogen and oxygen atoms in total. The van der Waals surface area contributed by atoms with Crippen LogP contribution in [0.2, 0.25) is 0 Å². The van der Waals surface area contributed by atoms with Crippen LogP contribution in [0.25, 0.3) is 16.0 Å². The normalized spacial score (nSPS) is 11.8. The smallest absolute Gasteiger partial charge is 0.283 e. The summed E-state index contributed by atoms with van der Waals surface area (Å²) in [7, 11) is -0.524. The first-order chi connectivity index (χ1) is 17.3. The zero-order chi connectivity index (χ0) is 27.5. The molecule has 0 unspecified atom stereocenters. The standard InChI is InChI=1S/C26H31FN6O3S/c1-16(2)21-11-19(27)12-22(18-8-9-29-24(10-18)28-5)23(21)14-25(34)31-37(35,36)26-13-20(15-32(6)7)33(30-26)17(3)4/h8-13,16-17H,14-15H2,1-4,6-7H3,(H,31,34). The molecule has 0 bridgehead atoms. The molecular weight excluding hydrogens is 495 g/mol. The van der Waals surface area contributed by atoms with Crippen LogP contribution in [0, 0.1) is 12.4 Å². The summed E-state index contributed by atoms with van der Waals surface area (Å²) in [6.45, 7) is 15.2. The number of amides is 1. The van der Waals surface area contributed by atoms with Crippen molar-refractivity contribution in [3.8, 4) is 11.1 Å². The minimum absolute atomic E-state index is 0.0781. The third kappa shape index (κ3) is 6.58. The molecule has 1 N–H and O–H groups in total. The van der Waals surface area contributed by atoms with Gasteiger partial charge < -0.3 is 9.74 Å². The maximum absolute atomic E-state index is 14.6. The fraction of sp³-hybridized carbons (Fsp3) is 0.385. The fourth-order valence-corrected chi connectivity index (χ4v) is 5.07. The van der Waals surface area contributed by atoms with E-state index in [1.54, 1.807) is 10.7 Å². The Bertz CT molecular complexity index is 1460. The Hall–Kier alpha value is -3.62. The maximum atomic E-state index is 14.6. The molecule has 0 aliphatic heterocycles. The first kappa shape index (κ1) is 28.0. The van der Waals surface area contributed by atoms with E-state index >= 15 is 0 Å². The molecule has 11 heteroatoms. The van der Waals surface area contributed by atoms with Gasteiger partial charge >= 0.3 is 0 Å². The average molecular weight is 527 g/mol. The van der Waals surface area contributed by atoms with E-state index in [9.17, 15) is 17.6 Å². The SMILES string of the molecule is [C-]#[N+]c1cc(-c2cc(F)cc(C(C)C)c2CC(=O)NS(=O)(=O)c2cc(CN(C)C)n(C(C)C)n2)ccn1. The van der Waals surface area contributed by atoms with Crippen molar-refractivity contribution < 1.29 is 17.6 Å². The highest BCUT2D eigenvalue weighted by Gasteiger charge is 2.26. The summed E-state index contributed by atoms with van der Waals surface area (Å²) in [5, 5.41) is 3.99. The third-order valence-corrected chi connectivity index (χ3v) is 6.91. The molecule has 0 aliphatic rings. The predicted molar refractivity (Wildman–Crippen MR) is 139 cm³/mol. The lowest BCUT2D eigenvalue weighted by molar-refractivity contribution is -0.118. The summed E-state index contributed by atoms with van der Waals surface area (Å²) >= 11 is 0. The molecule has 0 atom stereocenters. The van der Waals surface area contributed by atoms with Gasteiger partial charge in [0.05, 0.1) is 12.1 Å². The number of nitrogens with zero attached hydrogens (tertiary/aromatic N) is 5. The molecule has 3 rings (SSSR count). The predicted octanol–water partition coefficient (Wildman–Crippen LogP) is 4.45. The number of aromatic nitrogens is 3. The Labute approximate surface area is 217 Å². The number of carbonyl (C=O) groups excluding carboxylic acids is 1. The minimum atomic E-state index is -4.25. The van der Waals surface area contributed by atoms with Gasteiger partial charge in [0.15, 0.2) is 5.03 Å². The molecule has 0 aliphatic carbocycles. The van der Waals surface area contributed by atoms with E-state index < -0.39 is 21.7 Å². The van der Waals surface area contributed by atoms with Crippen LogP contribution in [0.15, 0.2) is 41.6 Å². The number of rotatable bonds is 9. The van der Waals surface area contributed by atoms with Crippen molar-refractivity contribution in [3.05, 3.63) is 70.6 Å².